The molecule has 0 radical (unpaired) electrons. The summed E-state index contributed by atoms with van der Waals surface area (Å²) in [5, 5.41) is 3.63. The number of hydrogen-bond acceptors (Lipinski definition) is 5. The number of piperazine rings is 1. The Morgan fingerprint density at radius 2 is 1.83 bits per heavy atom. The minimum atomic E-state index is -0.334. The number of hydrogen-bond donors (Lipinski definition) is 1. The quantitative estimate of drug-likeness (QED) is 0.834. The molecule has 3 heterocycles. The Bertz CT molecular complexity index is 582. The summed E-state index contributed by atoms with van der Waals surface area (Å²) >= 11 is 0. The van der Waals surface area contributed by atoms with Gasteiger partial charge in [0.25, 0.3) is 0 Å². The maximum atomic E-state index is 6.09. The Morgan fingerprint density at radius 1 is 1.13 bits per heavy atom. The van der Waals surface area contributed by atoms with E-state index < -0.39 is 0 Å². The smallest absolute Gasteiger partial charge is 0.399 e. The average molecular weight is 315 g/mol. The highest BCUT2D eigenvalue weighted by Gasteiger charge is 2.52. The lowest BCUT2D eigenvalue weighted by Crippen LogP contribution is -2.52. The molecule has 6 heteroatoms. The van der Waals surface area contributed by atoms with Crippen LogP contribution in [0.3, 0.4) is 0 Å². The Hall–Kier alpha value is -1.11. The van der Waals surface area contributed by atoms with Gasteiger partial charge in [0.15, 0.2) is 0 Å². The third-order valence-corrected chi connectivity index (χ3v) is 5.85. The number of nitrogens with zero attached hydrogens (tertiary/aromatic N) is 2. The van der Waals surface area contributed by atoms with E-state index in [0.29, 0.717) is 5.54 Å². The fraction of sp³-hybridized carbons (Fsp3) is 0.706. The fourth-order valence-corrected chi connectivity index (χ4v) is 3.34. The zero-order valence-electron chi connectivity index (χ0n) is 14.6. The van der Waals surface area contributed by atoms with E-state index in [9.17, 15) is 0 Å². The monoisotopic (exact) mass is 315 g/mol. The number of nitrogens with one attached hydrogen (secondary N) is 1. The average Bonchev–Trinajstić information content (AvgIpc) is 3.19. The minimum Gasteiger partial charge on any atom is -0.399 e. The Kier molecular flexibility index (Phi) is 3.32. The largest absolute Gasteiger partial charge is 0.496 e. The van der Waals surface area contributed by atoms with Crippen molar-refractivity contribution in [3.8, 4) is 0 Å². The van der Waals surface area contributed by atoms with Crippen molar-refractivity contribution in [2.24, 2.45) is 0 Å². The van der Waals surface area contributed by atoms with Crippen molar-refractivity contribution in [3.63, 3.8) is 0 Å². The summed E-state index contributed by atoms with van der Waals surface area (Å²) in [6, 6.07) is 4.19. The molecule has 4 rings (SSSR count). The van der Waals surface area contributed by atoms with E-state index in [1.807, 2.05) is 6.20 Å². The van der Waals surface area contributed by atoms with Crippen molar-refractivity contribution in [2.45, 2.75) is 57.3 Å². The van der Waals surface area contributed by atoms with Gasteiger partial charge in [-0.05, 0) is 46.6 Å². The van der Waals surface area contributed by atoms with Crippen molar-refractivity contribution >= 4 is 18.4 Å². The molecule has 3 fully saturated rings. The van der Waals surface area contributed by atoms with Gasteiger partial charge in [0, 0.05) is 36.8 Å². The van der Waals surface area contributed by atoms with Crippen molar-refractivity contribution in [2.75, 3.05) is 24.5 Å². The fourth-order valence-electron chi connectivity index (χ4n) is 3.34. The molecule has 1 aliphatic carbocycles. The number of anilines is 1. The topological polar surface area (TPSA) is 46.6 Å². The molecule has 1 aromatic rings. The molecule has 1 aromatic heterocycles. The predicted octanol–water partition coefficient (Wildman–Crippen LogP) is 1.32. The lowest BCUT2D eigenvalue weighted by atomic mass is 9.80. The Balaban J connectivity index is 1.48. The van der Waals surface area contributed by atoms with Crippen LogP contribution >= 0.6 is 0 Å². The molecule has 124 valence electrons. The highest BCUT2D eigenvalue weighted by atomic mass is 16.7. The molecule has 2 aliphatic heterocycles. The third-order valence-electron chi connectivity index (χ3n) is 5.85. The van der Waals surface area contributed by atoms with E-state index >= 15 is 0 Å². The molecule has 1 spiro atoms. The summed E-state index contributed by atoms with van der Waals surface area (Å²) in [6.45, 7) is 11.4. The minimum absolute atomic E-state index is 0.312. The lowest BCUT2D eigenvalue weighted by Gasteiger charge is -2.34. The maximum absolute atomic E-state index is 6.09. The van der Waals surface area contributed by atoms with E-state index in [-0.39, 0.29) is 18.3 Å². The van der Waals surface area contributed by atoms with Crippen LogP contribution in [0.4, 0.5) is 5.82 Å². The standard InChI is InChI=1S/C17H26BN3O2/c1-15(2)16(3,4)23-18(22-15)13-5-6-14(19-11-13)21-10-9-20-17(12-21)7-8-17/h5-6,11,20H,7-10,12H2,1-4H3. The van der Waals surface area contributed by atoms with Crippen LogP contribution in [0.25, 0.3) is 0 Å². The van der Waals surface area contributed by atoms with Gasteiger partial charge in [0.2, 0.25) is 0 Å². The summed E-state index contributed by atoms with van der Waals surface area (Å²) in [5.41, 5.74) is 0.730. The lowest BCUT2D eigenvalue weighted by molar-refractivity contribution is 0.00578. The van der Waals surface area contributed by atoms with Gasteiger partial charge >= 0.3 is 7.12 Å². The summed E-state index contributed by atoms with van der Waals surface area (Å²) in [6.07, 6.45) is 4.48. The molecule has 0 aromatic carbocycles. The van der Waals surface area contributed by atoms with Crippen LogP contribution in [0, 0.1) is 0 Å². The van der Waals surface area contributed by atoms with Gasteiger partial charge in [0.1, 0.15) is 5.82 Å². The summed E-state index contributed by atoms with van der Waals surface area (Å²) in [4.78, 5) is 7.06. The molecule has 5 nitrogen and oxygen atoms in total. The Labute approximate surface area is 138 Å². The first-order valence-corrected chi connectivity index (χ1v) is 8.62. The molecule has 1 N–H and O–H groups in total. The van der Waals surface area contributed by atoms with Gasteiger partial charge in [-0.1, -0.05) is 6.07 Å². The summed E-state index contributed by atoms with van der Waals surface area (Å²) < 4.78 is 12.2. The maximum Gasteiger partial charge on any atom is 0.496 e. The van der Waals surface area contributed by atoms with E-state index in [4.69, 9.17) is 9.31 Å². The zero-order chi connectivity index (χ0) is 16.3. The summed E-state index contributed by atoms with van der Waals surface area (Å²) in [5.74, 6) is 1.05. The van der Waals surface area contributed by atoms with Crippen molar-refractivity contribution in [3.05, 3.63) is 18.3 Å². The van der Waals surface area contributed by atoms with Gasteiger partial charge in [0.05, 0.1) is 11.2 Å². The number of aromatic nitrogens is 1. The summed E-state index contributed by atoms with van der Waals surface area (Å²) in [7, 11) is -0.334. The molecule has 0 bridgehead atoms. The molecule has 0 unspecified atom stereocenters. The normalized spacial score (nSPS) is 27.5. The SMILES string of the molecule is CC1(C)OB(c2ccc(N3CCNC4(CC4)C3)nc2)OC1(C)C. The molecular formula is C17H26BN3O2. The molecule has 1 saturated carbocycles. The third kappa shape index (κ3) is 2.67. The number of rotatable bonds is 2. The van der Waals surface area contributed by atoms with Crippen LogP contribution in [0.5, 0.6) is 0 Å². The van der Waals surface area contributed by atoms with Gasteiger partial charge in [-0.15, -0.1) is 0 Å². The first-order chi connectivity index (χ1) is 10.8. The van der Waals surface area contributed by atoms with E-state index in [0.717, 1.165) is 30.9 Å². The predicted molar refractivity (Wildman–Crippen MR) is 92.1 cm³/mol. The second-order valence-electron chi connectivity index (χ2n) is 8.17. The Morgan fingerprint density at radius 3 is 2.39 bits per heavy atom. The highest BCUT2D eigenvalue weighted by molar-refractivity contribution is 6.62. The zero-order valence-corrected chi connectivity index (χ0v) is 14.6. The molecule has 3 aliphatic rings. The van der Waals surface area contributed by atoms with Gasteiger partial charge in [-0.2, -0.15) is 0 Å². The van der Waals surface area contributed by atoms with Gasteiger partial charge in [-0.25, -0.2) is 4.98 Å². The van der Waals surface area contributed by atoms with E-state index in [2.05, 4.69) is 55.0 Å². The van der Waals surface area contributed by atoms with Gasteiger partial charge < -0.3 is 19.5 Å². The molecule has 0 amide bonds. The van der Waals surface area contributed by atoms with Crippen molar-refractivity contribution in [1.29, 1.82) is 0 Å². The van der Waals surface area contributed by atoms with Crippen LogP contribution in [0.2, 0.25) is 0 Å². The van der Waals surface area contributed by atoms with Crippen LogP contribution in [0.1, 0.15) is 40.5 Å². The van der Waals surface area contributed by atoms with Crippen LogP contribution < -0.4 is 15.7 Å². The van der Waals surface area contributed by atoms with E-state index in [1.165, 1.54) is 12.8 Å². The highest BCUT2D eigenvalue weighted by Crippen LogP contribution is 2.38. The molecule has 0 atom stereocenters. The van der Waals surface area contributed by atoms with Gasteiger partial charge in [-0.3, -0.25) is 0 Å². The van der Waals surface area contributed by atoms with E-state index in [1.54, 1.807) is 0 Å². The second-order valence-corrected chi connectivity index (χ2v) is 8.17. The molecule has 23 heavy (non-hydrogen) atoms. The van der Waals surface area contributed by atoms with Crippen LogP contribution in [-0.4, -0.2) is 48.5 Å². The van der Waals surface area contributed by atoms with Crippen LogP contribution in [-0.2, 0) is 9.31 Å². The van der Waals surface area contributed by atoms with Crippen LogP contribution in [0.15, 0.2) is 18.3 Å². The molecule has 2 saturated heterocycles. The number of pyridine rings is 1. The first-order valence-electron chi connectivity index (χ1n) is 8.62. The van der Waals surface area contributed by atoms with Crippen molar-refractivity contribution in [1.82, 2.24) is 10.3 Å². The first kappa shape index (κ1) is 15.4. The molecular weight excluding hydrogens is 289 g/mol. The van der Waals surface area contributed by atoms with Crippen molar-refractivity contribution < 1.29 is 9.31 Å². The second kappa shape index (κ2) is 4.95.